The molecular formula is C20H24BrNO3. The number of carbonyl (C=O) groups excluding carboxylic acids is 1. The predicted molar refractivity (Wildman–Crippen MR) is 105 cm³/mol. The van der Waals surface area contributed by atoms with Gasteiger partial charge in [-0.3, -0.25) is 4.79 Å². The van der Waals surface area contributed by atoms with Crippen molar-refractivity contribution in [3.8, 4) is 11.5 Å². The number of carbonyl (C=O) groups is 1. The van der Waals surface area contributed by atoms with Gasteiger partial charge in [0.25, 0.3) is 5.91 Å². The van der Waals surface area contributed by atoms with Gasteiger partial charge in [0.2, 0.25) is 0 Å². The molecule has 0 aromatic heterocycles. The zero-order valence-electron chi connectivity index (χ0n) is 15.1. The molecule has 0 spiro atoms. The fourth-order valence-corrected chi connectivity index (χ4v) is 2.84. The lowest BCUT2D eigenvalue weighted by Gasteiger charge is -2.15. The molecular weight excluding hydrogens is 382 g/mol. The number of halogens is 1. The Morgan fingerprint density at radius 3 is 2.56 bits per heavy atom. The zero-order valence-corrected chi connectivity index (χ0v) is 16.6. The van der Waals surface area contributed by atoms with Crippen LogP contribution in [-0.2, 0) is 0 Å². The molecule has 0 saturated carbocycles. The number of nitrogens with one attached hydrogen (secondary N) is 1. The van der Waals surface area contributed by atoms with Crippen LogP contribution >= 0.6 is 15.9 Å². The molecule has 1 amide bonds. The summed E-state index contributed by atoms with van der Waals surface area (Å²) in [5.74, 6) is 1.32. The quantitative estimate of drug-likeness (QED) is 0.649. The molecule has 1 N–H and O–H groups in total. The largest absolute Gasteiger partial charge is 0.493 e. The predicted octanol–water partition coefficient (Wildman–Crippen LogP) is 5.62. The fraction of sp³-hybridized carbons (Fsp3) is 0.350. The molecule has 0 fully saturated rings. The monoisotopic (exact) mass is 405 g/mol. The van der Waals surface area contributed by atoms with Crippen LogP contribution in [0.15, 0.2) is 40.9 Å². The van der Waals surface area contributed by atoms with Crippen molar-refractivity contribution in [2.24, 2.45) is 0 Å². The third-order valence-electron chi connectivity index (χ3n) is 3.77. The average molecular weight is 406 g/mol. The maximum absolute atomic E-state index is 12.6. The average Bonchev–Trinajstić information content (AvgIpc) is 2.60. The first-order valence-electron chi connectivity index (χ1n) is 8.37. The number of benzene rings is 2. The molecule has 0 aliphatic rings. The summed E-state index contributed by atoms with van der Waals surface area (Å²) < 4.78 is 12.0. The third kappa shape index (κ3) is 4.98. The highest BCUT2D eigenvalue weighted by Gasteiger charge is 2.14. The lowest BCUT2D eigenvalue weighted by molar-refractivity contribution is 0.102. The van der Waals surface area contributed by atoms with Crippen LogP contribution in [0.25, 0.3) is 0 Å². The summed E-state index contributed by atoms with van der Waals surface area (Å²) in [7, 11) is 1.57. The minimum atomic E-state index is -0.176. The van der Waals surface area contributed by atoms with E-state index in [9.17, 15) is 4.79 Å². The summed E-state index contributed by atoms with van der Waals surface area (Å²) in [6.07, 6.45) is 0.910. The van der Waals surface area contributed by atoms with Crippen LogP contribution in [0.1, 0.15) is 49.0 Å². The molecule has 2 rings (SSSR count). The first kappa shape index (κ1) is 19.3. The molecule has 2 aromatic carbocycles. The molecule has 0 radical (unpaired) electrons. The van der Waals surface area contributed by atoms with Crippen LogP contribution in [0.4, 0.5) is 5.69 Å². The second kappa shape index (κ2) is 8.90. The molecule has 0 atom stereocenters. The van der Waals surface area contributed by atoms with Crippen molar-refractivity contribution < 1.29 is 14.3 Å². The molecule has 4 nitrogen and oxygen atoms in total. The van der Waals surface area contributed by atoms with Gasteiger partial charge in [-0.25, -0.2) is 0 Å². The molecule has 0 aliphatic heterocycles. The van der Waals surface area contributed by atoms with Gasteiger partial charge >= 0.3 is 0 Å². The van der Waals surface area contributed by atoms with E-state index in [1.54, 1.807) is 25.3 Å². The van der Waals surface area contributed by atoms with E-state index in [2.05, 4.69) is 35.1 Å². The van der Waals surface area contributed by atoms with Gasteiger partial charge in [0.1, 0.15) is 0 Å². The number of hydrogen-bond donors (Lipinski definition) is 1. The van der Waals surface area contributed by atoms with Gasteiger partial charge in [0.15, 0.2) is 11.5 Å². The van der Waals surface area contributed by atoms with E-state index in [0.29, 0.717) is 29.6 Å². The Hall–Kier alpha value is -2.01. The number of rotatable bonds is 7. The molecule has 0 unspecified atom stereocenters. The van der Waals surface area contributed by atoms with Gasteiger partial charge in [-0.15, -0.1) is 0 Å². The normalized spacial score (nSPS) is 10.6. The van der Waals surface area contributed by atoms with Gasteiger partial charge in [0, 0.05) is 15.7 Å². The molecule has 0 bridgehead atoms. The Morgan fingerprint density at radius 2 is 1.92 bits per heavy atom. The van der Waals surface area contributed by atoms with Crippen molar-refractivity contribution >= 4 is 27.5 Å². The Kier molecular flexibility index (Phi) is 6.88. The highest BCUT2D eigenvalue weighted by molar-refractivity contribution is 9.10. The van der Waals surface area contributed by atoms with Crippen molar-refractivity contribution in [3.05, 3.63) is 52.0 Å². The Morgan fingerprint density at radius 1 is 1.16 bits per heavy atom. The number of ether oxygens (including phenoxy) is 2. The molecule has 5 heteroatoms. The fourth-order valence-electron chi connectivity index (χ4n) is 2.46. The highest BCUT2D eigenvalue weighted by atomic mass is 79.9. The Bertz CT molecular complexity index is 744. The first-order valence-corrected chi connectivity index (χ1v) is 9.17. The molecule has 0 saturated heterocycles. The van der Waals surface area contributed by atoms with E-state index in [1.807, 2.05) is 25.1 Å². The summed E-state index contributed by atoms with van der Waals surface area (Å²) in [5, 5.41) is 2.99. The molecule has 2 aromatic rings. The van der Waals surface area contributed by atoms with Gasteiger partial charge in [-0.05, 0) is 54.3 Å². The minimum Gasteiger partial charge on any atom is -0.493 e. The Balaban J connectivity index is 2.24. The number of hydrogen-bond acceptors (Lipinski definition) is 3. The van der Waals surface area contributed by atoms with Gasteiger partial charge in [-0.1, -0.05) is 36.7 Å². The summed E-state index contributed by atoms with van der Waals surface area (Å²) in [6.45, 7) is 6.85. The number of methoxy groups -OCH3 is 1. The summed E-state index contributed by atoms with van der Waals surface area (Å²) in [6, 6.07) is 11.1. The second-order valence-electron chi connectivity index (χ2n) is 6.05. The smallest absolute Gasteiger partial charge is 0.255 e. The van der Waals surface area contributed by atoms with Crippen LogP contribution in [0.5, 0.6) is 11.5 Å². The van der Waals surface area contributed by atoms with Crippen LogP contribution in [0.3, 0.4) is 0 Å². The van der Waals surface area contributed by atoms with E-state index in [1.165, 1.54) is 0 Å². The highest BCUT2D eigenvalue weighted by Crippen LogP contribution is 2.30. The topological polar surface area (TPSA) is 47.6 Å². The van der Waals surface area contributed by atoms with Gasteiger partial charge in [-0.2, -0.15) is 0 Å². The molecule has 0 aliphatic carbocycles. The summed E-state index contributed by atoms with van der Waals surface area (Å²) in [4.78, 5) is 12.6. The molecule has 25 heavy (non-hydrogen) atoms. The van der Waals surface area contributed by atoms with Crippen molar-refractivity contribution in [1.82, 2.24) is 0 Å². The first-order chi connectivity index (χ1) is 12.0. The van der Waals surface area contributed by atoms with Gasteiger partial charge < -0.3 is 14.8 Å². The van der Waals surface area contributed by atoms with E-state index in [4.69, 9.17) is 9.47 Å². The summed E-state index contributed by atoms with van der Waals surface area (Å²) in [5.41, 5.74) is 2.42. The summed E-state index contributed by atoms with van der Waals surface area (Å²) >= 11 is 3.48. The Labute approximate surface area is 157 Å². The lowest BCUT2D eigenvalue weighted by Crippen LogP contribution is -2.14. The van der Waals surface area contributed by atoms with Crippen LogP contribution in [0, 0.1) is 0 Å². The third-order valence-corrected chi connectivity index (χ3v) is 4.26. The van der Waals surface area contributed by atoms with Crippen LogP contribution in [-0.4, -0.2) is 19.6 Å². The van der Waals surface area contributed by atoms with E-state index >= 15 is 0 Å². The number of amides is 1. The maximum atomic E-state index is 12.6. The van der Waals surface area contributed by atoms with E-state index < -0.39 is 0 Å². The van der Waals surface area contributed by atoms with E-state index in [0.717, 1.165) is 22.1 Å². The SMILES string of the molecule is CCCOc1ccc(C(=O)Nc2ccc(Br)cc2C(C)C)cc1OC. The zero-order chi connectivity index (χ0) is 18.4. The van der Waals surface area contributed by atoms with Crippen LogP contribution < -0.4 is 14.8 Å². The van der Waals surface area contributed by atoms with Crippen molar-refractivity contribution in [2.45, 2.75) is 33.1 Å². The molecule has 134 valence electrons. The molecule has 0 heterocycles. The van der Waals surface area contributed by atoms with Crippen molar-refractivity contribution in [2.75, 3.05) is 19.0 Å². The standard InChI is InChI=1S/C20H24BrNO3/c1-5-10-25-18-9-6-14(11-19(18)24-4)20(23)22-17-8-7-15(21)12-16(17)13(2)3/h6-9,11-13H,5,10H2,1-4H3,(H,22,23). The van der Waals surface area contributed by atoms with Gasteiger partial charge in [0.05, 0.1) is 13.7 Å². The minimum absolute atomic E-state index is 0.176. The lowest BCUT2D eigenvalue weighted by atomic mass is 10.0. The van der Waals surface area contributed by atoms with E-state index in [-0.39, 0.29) is 5.91 Å². The van der Waals surface area contributed by atoms with Crippen molar-refractivity contribution in [1.29, 1.82) is 0 Å². The van der Waals surface area contributed by atoms with Crippen LogP contribution in [0.2, 0.25) is 0 Å². The number of anilines is 1. The maximum Gasteiger partial charge on any atom is 0.255 e. The van der Waals surface area contributed by atoms with Crippen molar-refractivity contribution in [3.63, 3.8) is 0 Å². The second-order valence-corrected chi connectivity index (χ2v) is 6.97.